The Balaban J connectivity index is 1.27. The summed E-state index contributed by atoms with van der Waals surface area (Å²) in [6, 6.07) is 3.99. The van der Waals surface area contributed by atoms with Crippen LogP contribution >= 0.6 is 11.6 Å². The van der Waals surface area contributed by atoms with Crippen LogP contribution in [0, 0.1) is 11.6 Å². The number of hydrogen-bond acceptors (Lipinski definition) is 7. The van der Waals surface area contributed by atoms with E-state index in [4.69, 9.17) is 26.8 Å². The Bertz CT molecular complexity index is 1390. The summed E-state index contributed by atoms with van der Waals surface area (Å²) in [6.45, 7) is -1.08. The Morgan fingerprint density at radius 2 is 1.95 bits per heavy atom. The van der Waals surface area contributed by atoms with Gasteiger partial charge in [0.1, 0.15) is 18.5 Å². The minimum atomic E-state index is -0.943. The van der Waals surface area contributed by atoms with Gasteiger partial charge in [0.2, 0.25) is 11.7 Å². The zero-order valence-corrected chi connectivity index (χ0v) is 19.9. The number of carbonyl (C=O) groups is 4. The molecule has 12 heteroatoms. The second kappa shape index (κ2) is 9.47. The zero-order chi connectivity index (χ0) is 26.4. The summed E-state index contributed by atoms with van der Waals surface area (Å²) in [6.07, 6.45) is 1.48. The van der Waals surface area contributed by atoms with Gasteiger partial charge < -0.3 is 20.1 Å². The lowest BCUT2D eigenvalue weighted by Gasteiger charge is -2.33. The molecule has 1 fully saturated rings. The topological polar surface area (TPSA) is 128 Å². The zero-order valence-electron chi connectivity index (χ0n) is 19.2. The number of benzene rings is 2. The van der Waals surface area contributed by atoms with E-state index in [-0.39, 0.29) is 52.5 Å². The molecule has 0 spiro atoms. The number of fused-ring (bicyclic) bond motifs is 2. The normalized spacial score (nSPS) is 20.4. The molecular formula is C25H20ClF2N3O6. The van der Waals surface area contributed by atoms with Gasteiger partial charge in [-0.15, -0.1) is 0 Å². The highest BCUT2D eigenvalue weighted by Crippen LogP contribution is 2.40. The standard InChI is InChI=1S/C25H20ClF2N3O6/c26-15-3-4-16(29)21(23(15)28)11-7-12-1-6-18(31(12)20(33)8-11)24(34)36-10-19(32)13-2-5-17-14(22(13)27)9-37-25(35)30-17/h2-5,8,12,18H,1,6-7,9-10,29H2,(H,30,35). The number of nitrogens with two attached hydrogens (primary N) is 1. The van der Waals surface area contributed by atoms with E-state index in [1.807, 2.05) is 0 Å². The number of cyclic esters (lactones) is 1. The Morgan fingerprint density at radius 3 is 2.73 bits per heavy atom. The highest BCUT2D eigenvalue weighted by Gasteiger charge is 2.44. The molecule has 2 aromatic rings. The average molecular weight is 532 g/mol. The van der Waals surface area contributed by atoms with Crippen LogP contribution in [-0.4, -0.2) is 47.3 Å². The van der Waals surface area contributed by atoms with Crippen molar-refractivity contribution in [2.24, 2.45) is 0 Å². The molecule has 0 radical (unpaired) electrons. The van der Waals surface area contributed by atoms with Gasteiger partial charge in [0.25, 0.3) is 0 Å². The first-order valence-corrected chi connectivity index (χ1v) is 11.7. The first-order valence-electron chi connectivity index (χ1n) is 11.4. The van der Waals surface area contributed by atoms with Crippen molar-refractivity contribution in [1.82, 2.24) is 4.90 Å². The van der Waals surface area contributed by atoms with E-state index < -0.39 is 54.1 Å². The van der Waals surface area contributed by atoms with Crippen molar-refractivity contribution in [2.45, 2.75) is 38.0 Å². The molecule has 0 saturated carbocycles. The van der Waals surface area contributed by atoms with Crippen LogP contribution in [0.1, 0.15) is 40.7 Å². The molecule has 2 aromatic carbocycles. The van der Waals surface area contributed by atoms with Gasteiger partial charge in [0.05, 0.1) is 16.3 Å². The molecule has 2 atom stereocenters. The molecule has 37 heavy (non-hydrogen) atoms. The molecule has 3 aliphatic rings. The number of esters is 1. The maximum absolute atomic E-state index is 14.8. The number of nitrogen functional groups attached to an aromatic ring is 1. The van der Waals surface area contributed by atoms with E-state index in [1.54, 1.807) is 0 Å². The number of ketones is 1. The van der Waals surface area contributed by atoms with Crippen molar-refractivity contribution in [3.05, 3.63) is 63.7 Å². The van der Waals surface area contributed by atoms with Crippen LogP contribution in [0.15, 0.2) is 30.3 Å². The summed E-state index contributed by atoms with van der Waals surface area (Å²) in [5.74, 6) is -3.71. The van der Waals surface area contributed by atoms with Gasteiger partial charge in [-0.2, -0.15) is 0 Å². The second-order valence-corrected chi connectivity index (χ2v) is 9.28. The van der Waals surface area contributed by atoms with Gasteiger partial charge in [-0.1, -0.05) is 11.6 Å². The van der Waals surface area contributed by atoms with E-state index in [1.165, 1.54) is 35.2 Å². The van der Waals surface area contributed by atoms with Gasteiger partial charge in [-0.3, -0.25) is 14.9 Å². The Kier molecular flexibility index (Phi) is 6.32. The highest BCUT2D eigenvalue weighted by atomic mass is 35.5. The lowest BCUT2D eigenvalue weighted by Crippen LogP contribution is -2.47. The number of amides is 2. The summed E-state index contributed by atoms with van der Waals surface area (Å²) in [5, 5.41) is 2.21. The van der Waals surface area contributed by atoms with E-state index >= 15 is 0 Å². The van der Waals surface area contributed by atoms with Gasteiger partial charge in [0, 0.05) is 28.9 Å². The van der Waals surface area contributed by atoms with Crippen LogP contribution in [0.25, 0.3) is 5.57 Å². The van der Waals surface area contributed by atoms with E-state index in [0.717, 1.165) is 0 Å². The van der Waals surface area contributed by atoms with Gasteiger partial charge in [0.15, 0.2) is 12.4 Å². The number of anilines is 2. The molecular weight excluding hydrogens is 512 g/mol. The molecule has 3 heterocycles. The molecule has 0 aliphatic carbocycles. The highest BCUT2D eigenvalue weighted by molar-refractivity contribution is 6.31. The second-order valence-electron chi connectivity index (χ2n) is 8.88. The van der Waals surface area contributed by atoms with Crippen molar-refractivity contribution >= 4 is 52.3 Å². The maximum atomic E-state index is 14.8. The predicted molar refractivity (Wildman–Crippen MR) is 128 cm³/mol. The van der Waals surface area contributed by atoms with Crippen molar-refractivity contribution in [3.8, 4) is 0 Å². The molecule has 2 unspecified atom stereocenters. The van der Waals surface area contributed by atoms with Crippen molar-refractivity contribution in [3.63, 3.8) is 0 Å². The fourth-order valence-corrected chi connectivity index (χ4v) is 5.10. The monoisotopic (exact) mass is 531 g/mol. The summed E-state index contributed by atoms with van der Waals surface area (Å²) in [4.78, 5) is 50.9. The number of nitrogens with one attached hydrogen (secondary N) is 1. The Morgan fingerprint density at radius 1 is 1.16 bits per heavy atom. The van der Waals surface area contributed by atoms with E-state index in [2.05, 4.69) is 5.32 Å². The van der Waals surface area contributed by atoms with Crippen molar-refractivity contribution < 1.29 is 37.4 Å². The van der Waals surface area contributed by atoms with Crippen LogP contribution in [0.2, 0.25) is 5.02 Å². The fraction of sp³-hybridized carbons (Fsp3) is 0.280. The summed E-state index contributed by atoms with van der Waals surface area (Å²) in [5.41, 5.74) is 6.40. The fourth-order valence-electron chi connectivity index (χ4n) is 4.94. The molecule has 192 valence electrons. The average Bonchev–Trinajstić information content (AvgIpc) is 3.30. The van der Waals surface area contributed by atoms with E-state index in [9.17, 15) is 28.0 Å². The van der Waals surface area contributed by atoms with Crippen LogP contribution in [0.3, 0.4) is 0 Å². The molecule has 1 saturated heterocycles. The minimum absolute atomic E-state index is 0.00805. The number of ether oxygens (including phenoxy) is 2. The Hall–Kier alpha value is -3.99. The maximum Gasteiger partial charge on any atom is 0.411 e. The first-order chi connectivity index (χ1) is 17.7. The smallest absolute Gasteiger partial charge is 0.411 e. The third-order valence-corrected chi connectivity index (χ3v) is 7.00. The number of hydrogen-bond donors (Lipinski definition) is 2. The lowest BCUT2D eigenvalue weighted by molar-refractivity contribution is -0.152. The summed E-state index contributed by atoms with van der Waals surface area (Å²) in [7, 11) is 0. The summed E-state index contributed by atoms with van der Waals surface area (Å²) < 4.78 is 39.3. The molecule has 3 N–H and O–H groups in total. The Labute approximate surface area is 214 Å². The predicted octanol–water partition coefficient (Wildman–Crippen LogP) is 3.84. The van der Waals surface area contributed by atoms with Gasteiger partial charge >= 0.3 is 12.1 Å². The van der Waals surface area contributed by atoms with Crippen molar-refractivity contribution in [2.75, 3.05) is 17.7 Å². The third kappa shape index (κ3) is 4.39. The van der Waals surface area contributed by atoms with Gasteiger partial charge in [-0.25, -0.2) is 18.4 Å². The SMILES string of the molecule is Nc1ccc(Cl)c(F)c1C1=CC(=O)N2C(CCC2C(=O)OCC(=O)c2ccc3c(c2F)COC(=O)N3)C1. The van der Waals surface area contributed by atoms with Crippen LogP contribution < -0.4 is 11.1 Å². The molecule has 9 nitrogen and oxygen atoms in total. The number of halogens is 3. The molecule has 3 aliphatic heterocycles. The first kappa shape index (κ1) is 24.7. The molecule has 0 bridgehead atoms. The molecule has 5 rings (SSSR count). The number of Topliss-reactive ketones (excluding diaryl/α,β-unsaturated/α-hetero) is 1. The molecule has 0 aromatic heterocycles. The van der Waals surface area contributed by atoms with Gasteiger partial charge in [-0.05, 0) is 49.1 Å². The number of nitrogens with zero attached hydrogens (tertiary/aromatic N) is 1. The van der Waals surface area contributed by atoms with E-state index in [0.29, 0.717) is 12.0 Å². The largest absolute Gasteiger partial charge is 0.456 e. The third-order valence-electron chi connectivity index (χ3n) is 6.70. The van der Waals surface area contributed by atoms with Crippen LogP contribution in [-0.2, 0) is 25.7 Å². The number of carbonyl (C=O) groups excluding carboxylic acids is 4. The minimum Gasteiger partial charge on any atom is -0.456 e. The molecule has 2 amide bonds. The quantitative estimate of drug-likeness (QED) is 0.341. The lowest BCUT2D eigenvalue weighted by atomic mass is 9.92. The number of rotatable bonds is 5. The summed E-state index contributed by atoms with van der Waals surface area (Å²) >= 11 is 5.88. The van der Waals surface area contributed by atoms with Crippen LogP contribution in [0.4, 0.5) is 25.0 Å². The van der Waals surface area contributed by atoms with Crippen LogP contribution in [0.5, 0.6) is 0 Å². The van der Waals surface area contributed by atoms with Crippen molar-refractivity contribution in [1.29, 1.82) is 0 Å².